The monoisotopic (exact) mass is 356 g/mol. The summed E-state index contributed by atoms with van der Waals surface area (Å²) in [7, 11) is 1.64. The molecule has 2 atom stereocenters. The van der Waals surface area contributed by atoms with Crippen molar-refractivity contribution in [3.05, 3.63) is 59.7 Å². The van der Waals surface area contributed by atoms with Gasteiger partial charge in [-0.3, -0.25) is 4.79 Å². The number of methoxy groups -OCH3 is 1. The second-order valence-electron chi connectivity index (χ2n) is 6.38. The van der Waals surface area contributed by atoms with Crippen molar-refractivity contribution in [3.8, 4) is 5.75 Å². The molecule has 3 N–H and O–H groups in total. The molecule has 2 aromatic rings. The minimum Gasteiger partial charge on any atom is -0.497 e. The number of aliphatic hydroxyl groups is 1. The van der Waals surface area contributed by atoms with Gasteiger partial charge in [0.15, 0.2) is 0 Å². The fraction of sp³-hybridized carbons (Fsp3) is 0.350. The van der Waals surface area contributed by atoms with E-state index in [4.69, 9.17) is 9.47 Å². The lowest BCUT2D eigenvalue weighted by atomic mass is 10.1. The van der Waals surface area contributed by atoms with E-state index in [0.29, 0.717) is 26.2 Å². The van der Waals surface area contributed by atoms with Crippen LogP contribution in [0.15, 0.2) is 48.5 Å². The van der Waals surface area contributed by atoms with Crippen LogP contribution < -0.4 is 15.4 Å². The van der Waals surface area contributed by atoms with Crippen LogP contribution in [-0.4, -0.2) is 36.8 Å². The molecule has 1 aliphatic rings. The summed E-state index contributed by atoms with van der Waals surface area (Å²) in [6, 6.07) is 15.0. The summed E-state index contributed by atoms with van der Waals surface area (Å²) in [6.07, 6.45) is -0.0142. The molecule has 6 heteroatoms. The molecule has 0 bridgehead atoms. The average Bonchev–Trinajstić information content (AvgIpc) is 3.09. The summed E-state index contributed by atoms with van der Waals surface area (Å²) in [4.78, 5) is 12.2. The molecule has 0 spiro atoms. The van der Waals surface area contributed by atoms with Crippen LogP contribution in [0.5, 0.6) is 5.75 Å². The molecule has 1 fully saturated rings. The van der Waals surface area contributed by atoms with Crippen LogP contribution in [0.3, 0.4) is 0 Å². The zero-order valence-electron chi connectivity index (χ0n) is 14.8. The molecule has 0 radical (unpaired) electrons. The summed E-state index contributed by atoms with van der Waals surface area (Å²) in [5, 5.41) is 15.4. The van der Waals surface area contributed by atoms with Crippen molar-refractivity contribution in [3.63, 3.8) is 0 Å². The minimum absolute atomic E-state index is 0.127. The number of benzene rings is 2. The number of carbonyl (C=O) groups is 1. The summed E-state index contributed by atoms with van der Waals surface area (Å²) in [5.41, 5.74) is 2.78. The van der Waals surface area contributed by atoms with Gasteiger partial charge >= 0.3 is 0 Å². The van der Waals surface area contributed by atoms with Crippen LogP contribution in [0.4, 0.5) is 5.69 Å². The maximum atomic E-state index is 12.2. The van der Waals surface area contributed by atoms with Gasteiger partial charge in [0.1, 0.15) is 5.75 Å². The number of amides is 1. The summed E-state index contributed by atoms with van der Waals surface area (Å²) >= 11 is 0. The van der Waals surface area contributed by atoms with Crippen LogP contribution in [0.1, 0.15) is 17.5 Å². The normalized spacial score (nSPS) is 19.3. The van der Waals surface area contributed by atoms with Crippen molar-refractivity contribution in [2.45, 2.75) is 31.8 Å². The number of nitrogens with one attached hydrogen (secondary N) is 2. The Labute approximate surface area is 153 Å². The third kappa shape index (κ3) is 5.05. The van der Waals surface area contributed by atoms with E-state index in [1.807, 2.05) is 48.5 Å². The first-order chi connectivity index (χ1) is 12.6. The van der Waals surface area contributed by atoms with Gasteiger partial charge < -0.3 is 25.2 Å². The Morgan fingerprint density at radius 3 is 2.65 bits per heavy atom. The summed E-state index contributed by atoms with van der Waals surface area (Å²) in [5.74, 6) is 0.694. The maximum Gasteiger partial charge on any atom is 0.241 e. The number of aliphatic hydroxyl groups excluding tert-OH is 1. The van der Waals surface area contributed by atoms with E-state index in [0.717, 1.165) is 22.6 Å². The van der Waals surface area contributed by atoms with Crippen LogP contribution in [0, 0.1) is 0 Å². The van der Waals surface area contributed by atoms with Crippen molar-refractivity contribution in [1.29, 1.82) is 0 Å². The molecule has 0 aliphatic carbocycles. The molecule has 138 valence electrons. The van der Waals surface area contributed by atoms with Crippen molar-refractivity contribution in [1.82, 2.24) is 5.32 Å². The van der Waals surface area contributed by atoms with Crippen LogP contribution in [-0.2, 0) is 22.7 Å². The van der Waals surface area contributed by atoms with Gasteiger partial charge in [-0.25, -0.2) is 0 Å². The minimum atomic E-state index is -0.455. The van der Waals surface area contributed by atoms with E-state index in [1.54, 1.807) is 7.11 Å². The number of β-amino-alcohol motifs (C(OH)–C–C–N with tert-alkyl or cyclic N) is 1. The Morgan fingerprint density at radius 1 is 1.19 bits per heavy atom. The van der Waals surface area contributed by atoms with E-state index in [2.05, 4.69) is 10.6 Å². The first-order valence-electron chi connectivity index (χ1n) is 8.66. The quantitative estimate of drug-likeness (QED) is 0.708. The Balaban J connectivity index is 1.49. The molecule has 0 saturated carbocycles. The fourth-order valence-electron chi connectivity index (χ4n) is 2.89. The zero-order valence-corrected chi connectivity index (χ0v) is 14.8. The third-order valence-electron chi connectivity index (χ3n) is 4.32. The van der Waals surface area contributed by atoms with Gasteiger partial charge in [0.25, 0.3) is 0 Å². The highest BCUT2D eigenvalue weighted by molar-refractivity contribution is 5.95. The van der Waals surface area contributed by atoms with Crippen LogP contribution >= 0.6 is 0 Å². The van der Waals surface area contributed by atoms with E-state index < -0.39 is 6.10 Å². The van der Waals surface area contributed by atoms with Gasteiger partial charge in [0, 0.05) is 12.2 Å². The lowest BCUT2D eigenvalue weighted by Crippen LogP contribution is -2.35. The van der Waals surface area contributed by atoms with Crippen molar-refractivity contribution in [2.24, 2.45) is 0 Å². The number of ether oxygens (including phenoxy) is 2. The molecule has 1 saturated heterocycles. The topological polar surface area (TPSA) is 79.8 Å². The van der Waals surface area contributed by atoms with Crippen molar-refractivity contribution < 1.29 is 19.4 Å². The molecule has 1 aliphatic heterocycles. The van der Waals surface area contributed by atoms with Gasteiger partial charge in [-0.05, 0) is 41.8 Å². The van der Waals surface area contributed by atoms with Crippen LogP contribution in [0.25, 0.3) is 0 Å². The Morgan fingerprint density at radius 2 is 1.96 bits per heavy atom. The SMILES string of the molecule is COc1ccc(COCc2cccc(NC(=O)C3CC(O)CN3)c2)cc1. The molecule has 1 amide bonds. The second-order valence-corrected chi connectivity index (χ2v) is 6.38. The number of hydrogen-bond donors (Lipinski definition) is 3. The van der Waals surface area contributed by atoms with Crippen molar-refractivity contribution >= 4 is 11.6 Å². The first kappa shape index (κ1) is 18.4. The summed E-state index contributed by atoms with van der Waals surface area (Å²) in [6.45, 7) is 1.41. The predicted molar refractivity (Wildman–Crippen MR) is 99.0 cm³/mol. The zero-order chi connectivity index (χ0) is 18.4. The van der Waals surface area contributed by atoms with Crippen molar-refractivity contribution in [2.75, 3.05) is 19.0 Å². The van der Waals surface area contributed by atoms with Gasteiger partial charge in [0.2, 0.25) is 5.91 Å². The molecule has 0 aromatic heterocycles. The molecule has 2 aromatic carbocycles. The van der Waals surface area contributed by atoms with E-state index in [1.165, 1.54) is 0 Å². The standard InChI is InChI=1S/C20H24N2O4/c1-25-18-7-5-14(6-8-18)12-26-13-15-3-2-4-16(9-15)22-20(24)19-10-17(23)11-21-19/h2-9,17,19,21,23H,10-13H2,1H3,(H,22,24). The van der Waals surface area contributed by atoms with Gasteiger partial charge in [-0.1, -0.05) is 24.3 Å². The Kier molecular flexibility index (Phi) is 6.22. The van der Waals surface area contributed by atoms with E-state index >= 15 is 0 Å². The predicted octanol–water partition coefficient (Wildman–Crippen LogP) is 2.07. The largest absolute Gasteiger partial charge is 0.497 e. The molecule has 3 rings (SSSR count). The molecule has 1 heterocycles. The van der Waals surface area contributed by atoms with E-state index in [-0.39, 0.29) is 11.9 Å². The Bertz CT molecular complexity index is 733. The Hall–Kier alpha value is -2.41. The highest BCUT2D eigenvalue weighted by Gasteiger charge is 2.27. The molecule has 2 unspecified atom stereocenters. The molecular formula is C20H24N2O4. The molecule has 6 nitrogen and oxygen atoms in total. The molecular weight excluding hydrogens is 332 g/mol. The number of hydrogen-bond acceptors (Lipinski definition) is 5. The van der Waals surface area contributed by atoms with Gasteiger partial charge in [-0.2, -0.15) is 0 Å². The lowest BCUT2D eigenvalue weighted by Gasteiger charge is -2.12. The van der Waals surface area contributed by atoms with Crippen LogP contribution in [0.2, 0.25) is 0 Å². The number of rotatable bonds is 7. The smallest absolute Gasteiger partial charge is 0.241 e. The number of anilines is 1. The fourth-order valence-corrected chi connectivity index (χ4v) is 2.89. The third-order valence-corrected chi connectivity index (χ3v) is 4.32. The highest BCUT2D eigenvalue weighted by Crippen LogP contribution is 2.16. The van der Waals surface area contributed by atoms with Gasteiger partial charge in [0.05, 0.1) is 32.5 Å². The maximum absolute atomic E-state index is 12.2. The first-order valence-corrected chi connectivity index (χ1v) is 8.66. The summed E-state index contributed by atoms with van der Waals surface area (Å²) < 4.78 is 10.9. The highest BCUT2D eigenvalue weighted by atomic mass is 16.5. The number of carbonyl (C=O) groups excluding carboxylic acids is 1. The van der Waals surface area contributed by atoms with E-state index in [9.17, 15) is 9.90 Å². The second kappa shape index (κ2) is 8.80. The average molecular weight is 356 g/mol. The van der Waals surface area contributed by atoms with Gasteiger partial charge in [-0.15, -0.1) is 0 Å². The molecule has 26 heavy (non-hydrogen) atoms. The lowest BCUT2D eigenvalue weighted by molar-refractivity contribution is -0.117.